The fourth-order valence-electron chi connectivity index (χ4n) is 1.51. The van der Waals surface area contributed by atoms with Crippen LogP contribution < -0.4 is 5.32 Å². The SMILES string of the molecule is COCC(C)CNC(=O)c1ccc(F)c([N+](=O)[O-])c1. The average molecular weight is 270 g/mol. The van der Waals surface area contributed by atoms with Gasteiger partial charge in [-0.05, 0) is 18.1 Å². The number of nitrogens with zero attached hydrogens (tertiary/aromatic N) is 1. The normalized spacial score (nSPS) is 11.9. The Labute approximate surface area is 109 Å². The number of carbonyl (C=O) groups is 1. The molecule has 0 aliphatic rings. The molecule has 1 unspecified atom stereocenters. The minimum absolute atomic E-state index is 0.0534. The lowest BCUT2D eigenvalue weighted by molar-refractivity contribution is -0.387. The van der Waals surface area contributed by atoms with Gasteiger partial charge in [0.05, 0.1) is 11.5 Å². The summed E-state index contributed by atoms with van der Waals surface area (Å²) in [6.45, 7) is 2.75. The highest BCUT2D eigenvalue weighted by Crippen LogP contribution is 2.18. The zero-order chi connectivity index (χ0) is 14.4. The number of carbonyl (C=O) groups excluding carboxylic acids is 1. The van der Waals surface area contributed by atoms with Gasteiger partial charge in [0.2, 0.25) is 5.82 Å². The molecule has 0 aliphatic carbocycles. The smallest absolute Gasteiger partial charge is 0.305 e. The Morgan fingerprint density at radius 1 is 1.58 bits per heavy atom. The number of halogens is 1. The molecule has 0 saturated carbocycles. The lowest BCUT2D eigenvalue weighted by Crippen LogP contribution is -2.29. The Balaban J connectivity index is 2.72. The molecule has 1 amide bonds. The summed E-state index contributed by atoms with van der Waals surface area (Å²) >= 11 is 0. The van der Waals surface area contributed by atoms with E-state index in [2.05, 4.69) is 5.32 Å². The third-order valence-corrected chi connectivity index (χ3v) is 2.47. The minimum Gasteiger partial charge on any atom is -0.384 e. The summed E-state index contributed by atoms with van der Waals surface area (Å²) in [5, 5.41) is 13.2. The van der Waals surface area contributed by atoms with Gasteiger partial charge in [-0.3, -0.25) is 14.9 Å². The molecule has 0 radical (unpaired) electrons. The van der Waals surface area contributed by atoms with E-state index in [0.29, 0.717) is 13.2 Å². The summed E-state index contributed by atoms with van der Waals surface area (Å²) in [5.74, 6) is -1.33. The van der Waals surface area contributed by atoms with Gasteiger partial charge in [-0.15, -0.1) is 0 Å². The van der Waals surface area contributed by atoms with Gasteiger partial charge in [-0.1, -0.05) is 6.92 Å². The molecule has 0 heterocycles. The summed E-state index contributed by atoms with van der Waals surface area (Å²) in [6, 6.07) is 3.04. The highest BCUT2D eigenvalue weighted by molar-refractivity contribution is 5.94. The molecule has 0 spiro atoms. The first-order chi connectivity index (χ1) is 8.95. The second-order valence-corrected chi connectivity index (χ2v) is 4.19. The Morgan fingerprint density at radius 3 is 2.84 bits per heavy atom. The van der Waals surface area contributed by atoms with Crippen LogP contribution in [0.1, 0.15) is 17.3 Å². The van der Waals surface area contributed by atoms with Gasteiger partial charge < -0.3 is 10.1 Å². The van der Waals surface area contributed by atoms with Crippen LogP contribution in [0.5, 0.6) is 0 Å². The maximum absolute atomic E-state index is 13.1. The highest BCUT2D eigenvalue weighted by atomic mass is 19.1. The number of methoxy groups -OCH3 is 1. The van der Waals surface area contributed by atoms with E-state index in [1.807, 2.05) is 6.92 Å². The summed E-state index contributed by atoms with van der Waals surface area (Å²) in [6.07, 6.45) is 0. The maximum Gasteiger partial charge on any atom is 0.305 e. The van der Waals surface area contributed by atoms with E-state index in [1.54, 1.807) is 7.11 Å². The molecule has 1 rings (SSSR count). The molecule has 0 aromatic heterocycles. The number of ether oxygens (including phenoxy) is 1. The second-order valence-electron chi connectivity index (χ2n) is 4.19. The number of rotatable bonds is 6. The zero-order valence-electron chi connectivity index (χ0n) is 10.7. The maximum atomic E-state index is 13.1. The molecule has 6 nitrogen and oxygen atoms in total. The molecule has 1 aromatic rings. The molecule has 0 aliphatic heterocycles. The number of nitro groups is 1. The van der Waals surface area contributed by atoms with Gasteiger partial charge in [0.25, 0.3) is 5.91 Å². The number of hydrogen-bond donors (Lipinski definition) is 1. The van der Waals surface area contributed by atoms with Gasteiger partial charge in [-0.2, -0.15) is 4.39 Å². The molecule has 0 saturated heterocycles. The number of amides is 1. The molecule has 7 heteroatoms. The van der Waals surface area contributed by atoms with Crippen LogP contribution in [0.25, 0.3) is 0 Å². The topological polar surface area (TPSA) is 81.5 Å². The second kappa shape index (κ2) is 6.79. The van der Waals surface area contributed by atoms with E-state index in [0.717, 1.165) is 12.1 Å². The summed E-state index contributed by atoms with van der Waals surface area (Å²) in [5.41, 5.74) is -0.657. The predicted octanol–water partition coefficient (Wildman–Crippen LogP) is 1.75. The third-order valence-electron chi connectivity index (χ3n) is 2.47. The van der Waals surface area contributed by atoms with E-state index in [9.17, 15) is 19.3 Å². The molecule has 1 atom stereocenters. The Kier molecular flexibility index (Phi) is 5.37. The third kappa shape index (κ3) is 4.29. The Morgan fingerprint density at radius 2 is 2.26 bits per heavy atom. The Bertz CT molecular complexity index is 479. The lowest BCUT2D eigenvalue weighted by atomic mass is 10.1. The van der Waals surface area contributed by atoms with Crippen LogP contribution in [0.2, 0.25) is 0 Å². The van der Waals surface area contributed by atoms with Gasteiger partial charge in [0, 0.05) is 25.3 Å². The van der Waals surface area contributed by atoms with Crippen LogP contribution >= 0.6 is 0 Å². The van der Waals surface area contributed by atoms with E-state index in [1.165, 1.54) is 6.07 Å². The van der Waals surface area contributed by atoms with E-state index < -0.39 is 22.3 Å². The Hall–Kier alpha value is -2.02. The van der Waals surface area contributed by atoms with Crippen molar-refractivity contribution in [1.29, 1.82) is 0 Å². The quantitative estimate of drug-likeness (QED) is 0.630. The lowest BCUT2D eigenvalue weighted by Gasteiger charge is -2.11. The van der Waals surface area contributed by atoms with Crippen LogP contribution in [0.3, 0.4) is 0 Å². The zero-order valence-corrected chi connectivity index (χ0v) is 10.7. The monoisotopic (exact) mass is 270 g/mol. The van der Waals surface area contributed by atoms with Crippen LogP contribution in [0.4, 0.5) is 10.1 Å². The van der Waals surface area contributed by atoms with Crippen LogP contribution in [-0.2, 0) is 4.74 Å². The van der Waals surface area contributed by atoms with Crippen molar-refractivity contribution >= 4 is 11.6 Å². The summed E-state index contributed by atoms with van der Waals surface area (Å²) in [7, 11) is 1.56. The molecule has 19 heavy (non-hydrogen) atoms. The van der Waals surface area contributed by atoms with Crippen molar-refractivity contribution in [2.75, 3.05) is 20.3 Å². The molecule has 1 aromatic carbocycles. The number of benzene rings is 1. The van der Waals surface area contributed by atoms with Gasteiger partial charge in [-0.25, -0.2) is 0 Å². The highest BCUT2D eigenvalue weighted by Gasteiger charge is 2.17. The first-order valence-corrected chi connectivity index (χ1v) is 5.66. The molecule has 0 bridgehead atoms. The standard InChI is InChI=1S/C12H15FN2O4/c1-8(7-19-2)6-14-12(16)9-3-4-10(13)11(5-9)15(17)18/h3-5,8H,6-7H2,1-2H3,(H,14,16). The van der Waals surface area contributed by atoms with E-state index in [-0.39, 0.29) is 11.5 Å². The van der Waals surface area contributed by atoms with Crippen LogP contribution in [0, 0.1) is 21.8 Å². The molecular formula is C12H15FN2O4. The summed E-state index contributed by atoms with van der Waals surface area (Å²) in [4.78, 5) is 21.4. The number of nitrogens with one attached hydrogen (secondary N) is 1. The molecule has 104 valence electrons. The van der Waals surface area contributed by atoms with Crippen molar-refractivity contribution in [2.45, 2.75) is 6.92 Å². The van der Waals surface area contributed by atoms with Crippen LogP contribution in [0.15, 0.2) is 18.2 Å². The number of hydrogen-bond acceptors (Lipinski definition) is 4. The average Bonchev–Trinajstić information content (AvgIpc) is 2.36. The van der Waals surface area contributed by atoms with Crippen molar-refractivity contribution < 1.29 is 18.8 Å². The first-order valence-electron chi connectivity index (χ1n) is 5.66. The largest absolute Gasteiger partial charge is 0.384 e. The van der Waals surface area contributed by atoms with Crippen molar-refractivity contribution in [3.8, 4) is 0 Å². The number of nitro benzene ring substituents is 1. The minimum atomic E-state index is -0.964. The van der Waals surface area contributed by atoms with E-state index >= 15 is 0 Å². The first kappa shape index (κ1) is 15.0. The van der Waals surface area contributed by atoms with Crippen molar-refractivity contribution in [3.63, 3.8) is 0 Å². The fraction of sp³-hybridized carbons (Fsp3) is 0.417. The fourth-order valence-corrected chi connectivity index (χ4v) is 1.51. The van der Waals surface area contributed by atoms with E-state index in [4.69, 9.17) is 4.74 Å². The van der Waals surface area contributed by atoms with Crippen LogP contribution in [-0.4, -0.2) is 31.1 Å². The van der Waals surface area contributed by atoms with Crippen molar-refractivity contribution in [3.05, 3.63) is 39.7 Å². The van der Waals surface area contributed by atoms with Gasteiger partial charge >= 0.3 is 5.69 Å². The summed E-state index contributed by atoms with van der Waals surface area (Å²) < 4.78 is 18.0. The predicted molar refractivity (Wildman–Crippen MR) is 66.4 cm³/mol. The van der Waals surface area contributed by atoms with Gasteiger partial charge in [0.15, 0.2) is 0 Å². The molecule has 1 N–H and O–H groups in total. The molecule has 0 fully saturated rings. The van der Waals surface area contributed by atoms with Crippen molar-refractivity contribution in [2.24, 2.45) is 5.92 Å². The molecular weight excluding hydrogens is 255 g/mol. The van der Waals surface area contributed by atoms with Crippen molar-refractivity contribution in [1.82, 2.24) is 5.32 Å². The van der Waals surface area contributed by atoms with Gasteiger partial charge in [0.1, 0.15) is 0 Å².